The molecule has 0 aromatic rings. The normalized spacial score (nSPS) is 51.7. The van der Waals surface area contributed by atoms with Gasteiger partial charge >= 0.3 is 0 Å². The van der Waals surface area contributed by atoms with Crippen LogP contribution in [0.2, 0.25) is 0 Å². The molecule has 8 unspecified atom stereocenters. The molecule has 0 bridgehead atoms. The van der Waals surface area contributed by atoms with Crippen molar-refractivity contribution < 1.29 is 44.8 Å². The van der Waals surface area contributed by atoms with E-state index in [4.69, 9.17) is 14.2 Å². The highest BCUT2D eigenvalue weighted by molar-refractivity contribution is 7.80. The number of thiol groups is 2. The van der Waals surface area contributed by atoms with Crippen molar-refractivity contribution in [2.75, 3.05) is 11.5 Å². The van der Waals surface area contributed by atoms with E-state index in [2.05, 4.69) is 25.3 Å². The monoisotopic (exact) mass is 374 g/mol. The Labute approximate surface area is 143 Å². The van der Waals surface area contributed by atoms with Gasteiger partial charge in [-0.25, -0.2) is 0 Å². The summed E-state index contributed by atoms with van der Waals surface area (Å²) < 4.78 is 15.9. The molecule has 0 aromatic carbocycles. The zero-order valence-corrected chi connectivity index (χ0v) is 13.8. The van der Waals surface area contributed by atoms with Crippen molar-refractivity contribution in [3.63, 3.8) is 0 Å². The average Bonchev–Trinajstić information content (AvgIpc) is 2.55. The number of ether oxygens (including phenoxy) is 3. The van der Waals surface area contributed by atoms with E-state index in [-0.39, 0.29) is 11.5 Å². The van der Waals surface area contributed by atoms with E-state index in [0.29, 0.717) is 0 Å². The molecule has 6 N–H and O–H groups in total. The predicted octanol–water partition coefficient (Wildman–Crippen LogP) is -3.52. The molecule has 2 fully saturated rings. The summed E-state index contributed by atoms with van der Waals surface area (Å²) in [6.07, 6.45) is -13.6. The van der Waals surface area contributed by atoms with Gasteiger partial charge in [0.25, 0.3) is 0 Å². The second kappa shape index (κ2) is 8.15. The molecular weight excluding hydrogens is 352 g/mol. The first kappa shape index (κ1) is 19.7. The molecule has 0 aliphatic carbocycles. The Balaban J connectivity index is 2.07. The van der Waals surface area contributed by atoms with Gasteiger partial charge in [0.2, 0.25) is 0 Å². The van der Waals surface area contributed by atoms with Crippen LogP contribution in [0.15, 0.2) is 0 Å². The summed E-state index contributed by atoms with van der Waals surface area (Å²) in [5.41, 5.74) is 0. The third kappa shape index (κ3) is 3.96. The van der Waals surface area contributed by atoms with Gasteiger partial charge in [-0.05, 0) is 0 Å². The molecule has 2 aliphatic rings. The largest absolute Gasteiger partial charge is 0.388 e. The summed E-state index contributed by atoms with van der Waals surface area (Å²) in [6.45, 7) is 0. The smallest absolute Gasteiger partial charge is 0.189 e. The molecule has 0 aromatic heterocycles. The quantitative estimate of drug-likeness (QED) is 0.234. The van der Waals surface area contributed by atoms with Gasteiger partial charge in [-0.2, -0.15) is 25.3 Å². The molecule has 136 valence electrons. The molecule has 0 spiro atoms. The van der Waals surface area contributed by atoms with E-state index in [0.717, 1.165) is 0 Å². The van der Waals surface area contributed by atoms with E-state index in [9.17, 15) is 30.6 Å². The van der Waals surface area contributed by atoms with Crippen LogP contribution in [0.25, 0.3) is 0 Å². The fourth-order valence-electron chi connectivity index (χ4n) is 2.49. The van der Waals surface area contributed by atoms with Crippen LogP contribution in [-0.4, -0.2) is 104 Å². The summed E-state index contributed by atoms with van der Waals surface area (Å²) in [7, 11) is 0. The highest BCUT2D eigenvalue weighted by Crippen LogP contribution is 2.28. The lowest BCUT2D eigenvalue weighted by atomic mass is 9.98. The molecule has 2 heterocycles. The third-order valence-corrected chi connectivity index (χ3v) is 4.68. The number of hydrogen-bond donors (Lipinski definition) is 8. The van der Waals surface area contributed by atoms with Gasteiger partial charge in [-0.3, -0.25) is 0 Å². The van der Waals surface area contributed by atoms with Crippen molar-refractivity contribution in [3.8, 4) is 0 Å². The van der Waals surface area contributed by atoms with E-state index in [1.165, 1.54) is 0 Å². The van der Waals surface area contributed by atoms with E-state index in [1.807, 2.05) is 0 Å². The van der Waals surface area contributed by atoms with Crippen molar-refractivity contribution in [1.29, 1.82) is 0 Å². The SMILES string of the molecule is OC1C(CS)OC(O[C@H]2O[C@H](CS)C(O)C(O)C2O)C(O)C1O. The maximum atomic E-state index is 9.93. The first-order valence-electron chi connectivity index (χ1n) is 7.08. The Morgan fingerprint density at radius 2 is 0.957 bits per heavy atom. The number of aliphatic hydroxyl groups excluding tert-OH is 6. The summed E-state index contributed by atoms with van der Waals surface area (Å²) in [5.74, 6) is 0.110. The summed E-state index contributed by atoms with van der Waals surface area (Å²) in [6, 6.07) is 0. The zero-order valence-electron chi connectivity index (χ0n) is 12.0. The van der Waals surface area contributed by atoms with Gasteiger partial charge in [0, 0.05) is 11.5 Å². The van der Waals surface area contributed by atoms with Gasteiger partial charge in [0.1, 0.15) is 36.6 Å². The lowest BCUT2D eigenvalue weighted by Crippen LogP contribution is -2.63. The maximum absolute atomic E-state index is 9.93. The Kier molecular flexibility index (Phi) is 6.96. The Morgan fingerprint density at radius 3 is 1.26 bits per heavy atom. The molecule has 11 heteroatoms. The first-order valence-corrected chi connectivity index (χ1v) is 8.34. The van der Waals surface area contributed by atoms with Crippen LogP contribution in [0.5, 0.6) is 0 Å². The van der Waals surface area contributed by atoms with Gasteiger partial charge in [0.15, 0.2) is 12.6 Å². The second-order valence-corrected chi connectivity index (χ2v) is 6.26. The van der Waals surface area contributed by atoms with Gasteiger partial charge < -0.3 is 44.8 Å². The predicted molar refractivity (Wildman–Crippen MR) is 82.2 cm³/mol. The topological polar surface area (TPSA) is 149 Å². The molecule has 0 saturated carbocycles. The fraction of sp³-hybridized carbons (Fsp3) is 1.00. The lowest BCUT2D eigenvalue weighted by molar-refractivity contribution is -0.369. The molecule has 9 nitrogen and oxygen atoms in total. The molecule has 0 amide bonds. The van der Waals surface area contributed by atoms with Gasteiger partial charge in [-0.15, -0.1) is 0 Å². The second-order valence-electron chi connectivity index (χ2n) is 5.53. The van der Waals surface area contributed by atoms with Crippen LogP contribution in [0.1, 0.15) is 0 Å². The lowest BCUT2D eigenvalue weighted by Gasteiger charge is -2.44. The maximum Gasteiger partial charge on any atom is 0.189 e. The van der Waals surface area contributed by atoms with Gasteiger partial charge in [0.05, 0.1) is 12.2 Å². The van der Waals surface area contributed by atoms with Crippen LogP contribution in [0.4, 0.5) is 0 Å². The van der Waals surface area contributed by atoms with Crippen LogP contribution < -0.4 is 0 Å². The molecule has 10 atom stereocenters. The standard InChI is InChI=1S/C12H22O9S2/c13-5-3(1-22)19-11(9(17)7(5)15)21-12-10(18)8(16)6(14)4(2-23)20-12/h3-18,22-23H,1-2H2/t3-,4?,5?,6?,7?,8?,9?,10?,11-,12?/m1/s1. The van der Waals surface area contributed by atoms with E-state index < -0.39 is 61.4 Å². The minimum atomic E-state index is -1.60. The summed E-state index contributed by atoms with van der Waals surface area (Å²) in [5, 5.41) is 58.9. The third-order valence-electron chi connectivity index (χ3n) is 3.97. The van der Waals surface area contributed by atoms with E-state index >= 15 is 0 Å². The van der Waals surface area contributed by atoms with Crippen molar-refractivity contribution in [1.82, 2.24) is 0 Å². The van der Waals surface area contributed by atoms with Crippen molar-refractivity contribution in [3.05, 3.63) is 0 Å². The Morgan fingerprint density at radius 1 is 0.609 bits per heavy atom. The van der Waals surface area contributed by atoms with Crippen LogP contribution in [-0.2, 0) is 14.2 Å². The molecule has 2 saturated heterocycles. The van der Waals surface area contributed by atoms with E-state index in [1.54, 1.807) is 0 Å². The molecule has 2 rings (SSSR count). The van der Waals surface area contributed by atoms with Crippen molar-refractivity contribution in [2.45, 2.75) is 61.4 Å². The van der Waals surface area contributed by atoms with Crippen LogP contribution >= 0.6 is 25.3 Å². The summed E-state index contributed by atoms with van der Waals surface area (Å²) in [4.78, 5) is 0. The Bertz CT molecular complexity index is 352. The molecular formula is C12H22O9S2. The highest BCUT2D eigenvalue weighted by Gasteiger charge is 2.49. The van der Waals surface area contributed by atoms with Gasteiger partial charge in [-0.1, -0.05) is 0 Å². The minimum Gasteiger partial charge on any atom is -0.388 e. The zero-order chi connectivity index (χ0) is 17.3. The molecule has 23 heavy (non-hydrogen) atoms. The summed E-state index contributed by atoms with van der Waals surface area (Å²) >= 11 is 7.95. The molecule has 0 radical (unpaired) electrons. The van der Waals surface area contributed by atoms with Crippen LogP contribution in [0, 0.1) is 0 Å². The first-order chi connectivity index (χ1) is 10.8. The average molecular weight is 374 g/mol. The van der Waals surface area contributed by atoms with Crippen molar-refractivity contribution >= 4 is 25.3 Å². The molecule has 2 aliphatic heterocycles. The number of hydrogen-bond acceptors (Lipinski definition) is 11. The van der Waals surface area contributed by atoms with Crippen molar-refractivity contribution in [2.24, 2.45) is 0 Å². The highest BCUT2D eigenvalue weighted by atomic mass is 32.1. The number of rotatable bonds is 4. The minimum absolute atomic E-state index is 0.0550. The number of aliphatic hydroxyl groups is 6. The fourth-order valence-corrected chi connectivity index (χ4v) is 3.10. The Hall–Kier alpha value is 0.340. The van der Waals surface area contributed by atoms with Crippen LogP contribution in [0.3, 0.4) is 0 Å².